The van der Waals surface area contributed by atoms with Crippen molar-refractivity contribution in [3.63, 3.8) is 0 Å². The van der Waals surface area contributed by atoms with Crippen LogP contribution in [0, 0.1) is 5.92 Å². The van der Waals surface area contributed by atoms with E-state index in [1.54, 1.807) is 13.8 Å². The Balaban J connectivity index is 5.17. The molecule has 0 radical (unpaired) electrons. The number of carbonyl (C=O) groups excluding carboxylic acids is 3. The molecule has 0 heterocycles. The Hall–Kier alpha value is -2.77. The van der Waals surface area contributed by atoms with Crippen LogP contribution < -0.4 is 21.7 Å². The highest BCUT2D eigenvalue weighted by Gasteiger charge is 2.32. The van der Waals surface area contributed by atoms with E-state index in [4.69, 9.17) is 15.9 Å². The normalized spacial score (nSPS) is 16.1. The molecular formula is C16H28N4O9. The number of carbonyl (C=O) groups is 5. The number of carboxylic acid groups (broad SMARTS) is 2. The smallest absolute Gasteiger partial charge is 0.328 e. The third-order valence-electron chi connectivity index (χ3n) is 3.84. The molecule has 0 fully saturated rings. The van der Waals surface area contributed by atoms with Gasteiger partial charge in [0, 0.05) is 0 Å². The van der Waals surface area contributed by atoms with Gasteiger partial charge in [-0.1, -0.05) is 13.8 Å². The molecule has 5 atom stereocenters. The molecule has 0 spiro atoms. The number of hydrogen-bond acceptors (Lipinski definition) is 8. The van der Waals surface area contributed by atoms with Crippen LogP contribution in [0.15, 0.2) is 0 Å². The summed E-state index contributed by atoms with van der Waals surface area (Å²) >= 11 is 0. The van der Waals surface area contributed by atoms with Crippen LogP contribution in [0.5, 0.6) is 0 Å². The van der Waals surface area contributed by atoms with Crippen molar-refractivity contribution in [1.82, 2.24) is 16.0 Å². The maximum Gasteiger partial charge on any atom is 0.328 e. The van der Waals surface area contributed by atoms with Gasteiger partial charge in [-0.05, 0) is 12.8 Å². The number of nitrogens with one attached hydrogen (secondary N) is 3. The molecule has 0 bridgehead atoms. The molecule has 166 valence electrons. The zero-order valence-electron chi connectivity index (χ0n) is 16.3. The van der Waals surface area contributed by atoms with Gasteiger partial charge in [0.25, 0.3) is 0 Å². The minimum atomic E-state index is -1.66. The predicted molar refractivity (Wildman–Crippen MR) is 97.3 cm³/mol. The average Bonchev–Trinajstić information content (AvgIpc) is 2.59. The van der Waals surface area contributed by atoms with Crippen LogP contribution in [0.2, 0.25) is 0 Å². The zero-order chi connectivity index (χ0) is 22.9. The third kappa shape index (κ3) is 8.85. The molecule has 0 aromatic rings. The summed E-state index contributed by atoms with van der Waals surface area (Å²) in [6.45, 7) is 3.38. The molecule has 0 aliphatic rings. The van der Waals surface area contributed by atoms with E-state index >= 15 is 0 Å². The fourth-order valence-corrected chi connectivity index (χ4v) is 2.17. The maximum absolute atomic E-state index is 12.5. The molecule has 9 N–H and O–H groups in total. The second-order valence-corrected chi connectivity index (χ2v) is 6.74. The number of carboxylic acids is 2. The zero-order valence-corrected chi connectivity index (χ0v) is 16.3. The van der Waals surface area contributed by atoms with Gasteiger partial charge >= 0.3 is 11.9 Å². The molecule has 0 saturated heterocycles. The van der Waals surface area contributed by atoms with E-state index in [9.17, 15) is 34.2 Å². The van der Waals surface area contributed by atoms with Gasteiger partial charge < -0.3 is 42.1 Å². The van der Waals surface area contributed by atoms with Gasteiger partial charge in [0.2, 0.25) is 17.7 Å². The summed E-state index contributed by atoms with van der Waals surface area (Å²) in [7, 11) is 0. The Bertz CT molecular complexity index is 624. The molecule has 0 aliphatic carbocycles. The van der Waals surface area contributed by atoms with E-state index in [2.05, 4.69) is 10.6 Å². The summed E-state index contributed by atoms with van der Waals surface area (Å²) in [6, 6.07) is -5.84. The first-order valence-corrected chi connectivity index (χ1v) is 8.72. The van der Waals surface area contributed by atoms with Crippen molar-refractivity contribution in [2.24, 2.45) is 11.7 Å². The van der Waals surface area contributed by atoms with E-state index in [-0.39, 0.29) is 0 Å². The maximum atomic E-state index is 12.5. The molecule has 0 aromatic carbocycles. The number of aliphatic hydroxyl groups is 2. The fraction of sp³-hybridized carbons (Fsp3) is 0.688. The van der Waals surface area contributed by atoms with Crippen LogP contribution in [0.3, 0.4) is 0 Å². The number of aliphatic hydroxyl groups excluding tert-OH is 2. The highest BCUT2D eigenvalue weighted by atomic mass is 16.4. The lowest BCUT2D eigenvalue weighted by Crippen LogP contribution is -2.60. The van der Waals surface area contributed by atoms with Crippen LogP contribution in [0.1, 0.15) is 27.2 Å². The quantitative estimate of drug-likeness (QED) is 0.154. The summed E-state index contributed by atoms with van der Waals surface area (Å²) in [5.41, 5.74) is 5.45. The molecular weight excluding hydrogens is 392 g/mol. The molecule has 0 unspecified atom stereocenters. The Morgan fingerprint density at radius 1 is 0.862 bits per heavy atom. The van der Waals surface area contributed by atoms with E-state index in [0.717, 1.165) is 6.92 Å². The highest BCUT2D eigenvalue weighted by molar-refractivity contribution is 5.94. The van der Waals surface area contributed by atoms with Crippen LogP contribution in [0.4, 0.5) is 0 Å². The summed E-state index contributed by atoms with van der Waals surface area (Å²) in [6.07, 6.45) is -2.10. The van der Waals surface area contributed by atoms with Crippen molar-refractivity contribution in [3.05, 3.63) is 0 Å². The highest BCUT2D eigenvalue weighted by Crippen LogP contribution is 2.04. The van der Waals surface area contributed by atoms with E-state index in [1.165, 1.54) is 0 Å². The van der Waals surface area contributed by atoms with Crippen molar-refractivity contribution in [1.29, 1.82) is 0 Å². The van der Waals surface area contributed by atoms with Crippen molar-refractivity contribution in [3.8, 4) is 0 Å². The molecule has 3 amide bonds. The molecule has 29 heavy (non-hydrogen) atoms. The minimum absolute atomic E-state index is 0.498. The summed E-state index contributed by atoms with van der Waals surface area (Å²) < 4.78 is 0. The number of nitrogens with two attached hydrogens (primary N) is 1. The monoisotopic (exact) mass is 420 g/mol. The first-order chi connectivity index (χ1) is 13.3. The van der Waals surface area contributed by atoms with Crippen LogP contribution >= 0.6 is 0 Å². The van der Waals surface area contributed by atoms with Crippen molar-refractivity contribution in [2.75, 3.05) is 6.61 Å². The van der Waals surface area contributed by atoms with Gasteiger partial charge in [-0.2, -0.15) is 0 Å². The van der Waals surface area contributed by atoms with Gasteiger partial charge in [-0.25, -0.2) is 4.79 Å². The van der Waals surface area contributed by atoms with Gasteiger partial charge in [-0.15, -0.1) is 0 Å². The molecule has 13 nitrogen and oxygen atoms in total. The topological polar surface area (TPSA) is 228 Å². The van der Waals surface area contributed by atoms with Gasteiger partial charge in [0.1, 0.15) is 12.1 Å². The Labute approximate surface area is 166 Å². The molecule has 0 saturated carbocycles. The second-order valence-electron chi connectivity index (χ2n) is 6.74. The molecule has 0 aliphatic heterocycles. The van der Waals surface area contributed by atoms with Crippen molar-refractivity contribution in [2.45, 2.75) is 57.5 Å². The van der Waals surface area contributed by atoms with E-state index < -0.39 is 78.9 Å². The van der Waals surface area contributed by atoms with Crippen LogP contribution in [-0.2, 0) is 24.0 Å². The van der Waals surface area contributed by atoms with E-state index in [1.807, 2.05) is 5.32 Å². The lowest BCUT2D eigenvalue weighted by molar-refractivity contribution is -0.145. The Morgan fingerprint density at radius 2 is 1.38 bits per heavy atom. The number of rotatable bonds is 12. The number of aliphatic carboxylic acids is 2. The van der Waals surface area contributed by atoms with Crippen LogP contribution in [0.25, 0.3) is 0 Å². The van der Waals surface area contributed by atoms with Gasteiger partial charge in [-0.3, -0.25) is 19.2 Å². The number of amides is 3. The summed E-state index contributed by atoms with van der Waals surface area (Å²) in [5, 5.41) is 42.9. The van der Waals surface area contributed by atoms with Gasteiger partial charge in [0.15, 0.2) is 6.04 Å². The van der Waals surface area contributed by atoms with E-state index in [0.29, 0.717) is 0 Å². The molecule has 0 aromatic heterocycles. The van der Waals surface area contributed by atoms with Crippen LogP contribution in [-0.4, -0.2) is 87.0 Å². The first-order valence-electron chi connectivity index (χ1n) is 8.72. The SMILES string of the molecule is CC(C)[C@H](NC(=O)[C@@H](N)CC(=O)O)C(=O)N[C@@H](CO)C(=O)N[C@H](C(=O)O)[C@@H](C)O. The lowest BCUT2D eigenvalue weighted by Gasteiger charge is -2.26. The summed E-state index contributed by atoms with van der Waals surface area (Å²) in [5.74, 6) is -6.16. The van der Waals surface area contributed by atoms with Crippen molar-refractivity contribution >= 4 is 29.7 Å². The Kier molecular flexibility index (Phi) is 10.8. The Morgan fingerprint density at radius 3 is 1.76 bits per heavy atom. The number of hydrogen-bond donors (Lipinski definition) is 8. The van der Waals surface area contributed by atoms with Gasteiger partial charge in [0.05, 0.1) is 25.2 Å². The van der Waals surface area contributed by atoms with Crippen molar-refractivity contribution < 1.29 is 44.4 Å². The predicted octanol–water partition coefficient (Wildman–Crippen LogP) is -3.64. The first kappa shape index (κ1) is 26.2. The molecule has 13 heteroatoms. The fourth-order valence-electron chi connectivity index (χ4n) is 2.17. The minimum Gasteiger partial charge on any atom is -0.481 e. The largest absolute Gasteiger partial charge is 0.481 e. The molecule has 0 rings (SSSR count). The second kappa shape index (κ2) is 11.9. The standard InChI is InChI=1S/C16H28N4O9/c1-6(2)11(19-13(25)8(17)4-10(23)24)15(27)18-9(5-21)14(26)20-12(7(3)22)16(28)29/h6-9,11-12,21-22H,4-5,17H2,1-3H3,(H,18,27)(H,19,25)(H,20,26)(H,23,24)(H,28,29)/t7-,8+,9+,11+,12+/m1/s1. The third-order valence-corrected chi connectivity index (χ3v) is 3.84. The average molecular weight is 420 g/mol. The summed E-state index contributed by atoms with van der Waals surface area (Å²) in [4.78, 5) is 58.3. The lowest BCUT2D eigenvalue weighted by atomic mass is 10.0.